The first kappa shape index (κ1) is 14.1. The minimum absolute atomic E-state index is 0.0665. The van der Waals surface area contributed by atoms with E-state index in [4.69, 9.17) is 0 Å². The van der Waals surface area contributed by atoms with Crippen LogP contribution in [0.1, 0.15) is 20.8 Å². The van der Waals surface area contributed by atoms with Crippen LogP contribution in [0.5, 0.6) is 0 Å². The van der Waals surface area contributed by atoms with Crippen LogP contribution in [0, 0.1) is 5.82 Å². The average molecular weight is 293 g/mol. The minimum Gasteiger partial charge on any atom is -0.343 e. The van der Waals surface area contributed by atoms with Crippen LogP contribution in [0.2, 0.25) is 0 Å². The molecule has 2 aromatic rings. The van der Waals surface area contributed by atoms with Gasteiger partial charge in [-0.05, 0) is 12.1 Å². The Labute approximate surface area is 119 Å². The molecule has 7 heteroatoms. The Hall–Kier alpha value is -2.28. The number of thiazole rings is 1. The maximum absolute atomic E-state index is 13.4. The van der Waals surface area contributed by atoms with E-state index in [1.54, 1.807) is 25.5 Å². The third kappa shape index (κ3) is 3.00. The zero-order valence-corrected chi connectivity index (χ0v) is 11.7. The Morgan fingerprint density at radius 3 is 2.65 bits per heavy atom. The molecule has 5 nitrogen and oxygen atoms in total. The van der Waals surface area contributed by atoms with Gasteiger partial charge in [0.15, 0.2) is 5.13 Å². The number of carbonyl (C=O) groups excluding carboxylic acids is 2. The van der Waals surface area contributed by atoms with E-state index in [0.29, 0.717) is 0 Å². The molecule has 0 unspecified atom stereocenters. The second kappa shape index (κ2) is 5.79. The highest BCUT2D eigenvalue weighted by Gasteiger charge is 2.16. The summed E-state index contributed by atoms with van der Waals surface area (Å²) < 4.78 is 13.4. The summed E-state index contributed by atoms with van der Waals surface area (Å²) in [6, 6.07) is 5.66. The van der Waals surface area contributed by atoms with Crippen LogP contribution in [0.3, 0.4) is 0 Å². The van der Waals surface area contributed by atoms with Crippen LogP contribution < -0.4 is 5.32 Å². The van der Waals surface area contributed by atoms with Gasteiger partial charge < -0.3 is 4.90 Å². The fourth-order valence-electron chi connectivity index (χ4n) is 1.47. The highest BCUT2D eigenvalue weighted by atomic mass is 32.1. The fraction of sp³-hybridized carbons (Fsp3) is 0.154. The van der Waals surface area contributed by atoms with Crippen LogP contribution in [-0.4, -0.2) is 35.8 Å². The standard InChI is InChI=1S/C13H12FN3O2S/c1-17(2)12(19)10-7-20-13(15-10)16-11(18)8-5-3-4-6-9(8)14/h3-7H,1-2H3,(H,15,16,18). The maximum atomic E-state index is 13.4. The third-order valence-corrected chi connectivity index (χ3v) is 3.23. The van der Waals surface area contributed by atoms with Crippen molar-refractivity contribution < 1.29 is 14.0 Å². The largest absolute Gasteiger partial charge is 0.343 e. The normalized spacial score (nSPS) is 10.2. The molecule has 104 valence electrons. The molecule has 0 radical (unpaired) electrons. The van der Waals surface area contributed by atoms with Crippen molar-refractivity contribution in [1.82, 2.24) is 9.88 Å². The SMILES string of the molecule is CN(C)C(=O)c1csc(NC(=O)c2ccccc2F)n1. The van der Waals surface area contributed by atoms with E-state index in [-0.39, 0.29) is 22.3 Å². The van der Waals surface area contributed by atoms with Crippen LogP contribution in [-0.2, 0) is 0 Å². The van der Waals surface area contributed by atoms with Gasteiger partial charge in [0, 0.05) is 19.5 Å². The Morgan fingerprint density at radius 1 is 1.30 bits per heavy atom. The summed E-state index contributed by atoms with van der Waals surface area (Å²) in [6.07, 6.45) is 0. The lowest BCUT2D eigenvalue weighted by Gasteiger charge is -2.06. The van der Waals surface area contributed by atoms with Gasteiger partial charge in [-0.1, -0.05) is 12.1 Å². The van der Waals surface area contributed by atoms with E-state index < -0.39 is 11.7 Å². The molecule has 1 aromatic heterocycles. The molecule has 0 aliphatic carbocycles. The van der Waals surface area contributed by atoms with Gasteiger partial charge in [0.2, 0.25) is 0 Å². The molecule has 1 heterocycles. The van der Waals surface area contributed by atoms with Crippen molar-refractivity contribution >= 4 is 28.3 Å². The van der Waals surface area contributed by atoms with Crippen molar-refractivity contribution in [3.8, 4) is 0 Å². The minimum atomic E-state index is -0.605. The molecule has 0 fully saturated rings. The van der Waals surface area contributed by atoms with E-state index in [1.807, 2.05) is 0 Å². The number of amides is 2. The zero-order chi connectivity index (χ0) is 14.7. The lowest BCUT2D eigenvalue weighted by molar-refractivity contribution is 0.0822. The van der Waals surface area contributed by atoms with Crippen LogP contribution >= 0.6 is 11.3 Å². The van der Waals surface area contributed by atoms with Crippen molar-refractivity contribution in [2.24, 2.45) is 0 Å². The summed E-state index contributed by atoms with van der Waals surface area (Å²) >= 11 is 1.11. The molecule has 0 bridgehead atoms. The van der Waals surface area contributed by atoms with E-state index in [1.165, 1.54) is 23.1 Å². The number of nitrogens with one attached hydrogen (secondary N) is 1. The summed E-state index contributed by atoms with van der Waals surface area (Å²) in [5.74, 6) is -1.46. The first-order chi connectivity index (χ1) is 9.49. The highest BCUT2D eigenvalue weighted by molar-refractivity contribution is 7.14. The number of rotatable bonds is 3. The summed E-state index contributed by atoms with van der Waals surface area (Å²) in [5.41, 5.74) is 0.173. The van der Waals surface area contributed by atoms with Crippen molar-refractivity contribution in [2.75, 3.05) is 19.4 Å². The van der Waals surface area contributed by atoms with Crippen molar-refractivity contribution in [1.29, 1.82) is 0 Å². The number of halogens is 1. The van der Waals surface area contributed by atoms with Gasteiger partial charge in [-0.3, -0.25) is 14.9 Å². The van der Waals surface area contributed by atoms with Crippen molar-refractivity contribution in [3.05, 3.63) is 46.7 Å². The quantitative estimate of drug-likeness (QED) is 0.944. The van der Waals surface area contributed by atoms with Crippen LogP contribution in [0.15, 0.2) is 29.6 Å². The van der Waals surface area contributed by atoms with Gasteiger partial charge in [-0.25, -0.2) is 9.37 Å². The first-order valence-electron chi connectivity index (χ1n) is 5.72. The smallest absolute Gasteiger partial charge is 0.272 e. The fourth-order valence-corrected chi connectivity index (χ4v) is 2.15. The third-order valence-electron chi connectivity index (χ3n) is 2.47. The molecule has 2 amide bonds. The number of aromatic nitrogens is 1. The molecular formula is C13H12FN3O2S. The summed E-state index contributed by atoms with van der Waals surface area (Å²) in [6.45, 7) is 0. The number of hydrogen-bond donors (Lipinski definition) is 1. The lowest BCUT2D eigenvalue weighted by atomic mass is 10.2. The molecule has 0 saturated carbocycles. The molecule has 2 rings (SSSR count). The Balaban J connectivity index is 2.13. The number of carbonyl (C=O) groups is 2. The van der Waals surface area contributed by atoms with E-state index in [9.17, 15) is 14.0 Å². The second-order valence-corrected chi connectivity index (χ2v) is 5.03. The molecule has 0 atom stereocenters. The number of nitrogens with zero attached hydrogens (tertiary/aromatic N) is 2. The summed E-state index contributed by atoms with van der Waals surface area (Å²) in [5, 5.41) is 4.27. The van der Waals surface area contributed by atoms with Gasteiger partial charge >= 0.3 is 0 Å². The van der Waals surface area contributed by atoms with Gasteiger partial charge in [0.1, 0.15) is 11.5 Å². The van der Waals surface area contributed by atoms with E-state index >= 15 is 0 Å². The maximum Gasteiger partial charge on any atom is 0.272 e. The first-order valence-corrected chi connectivity index (χ1v) is 6.60. The zero-order valence-electron chi connectivity index (χ0n) is 10.9. The number of anilines is 1. The Bertz CT molecular complexity index is 655. The Morgan fingerprint density at radius 2 is 2.00 bits per heavy atom. The van der Waals surface area contributed by atoms with E-state index in [2.05, 4.69) is 10.3 Å². The summed E-state index contributed by atoms with van der Waals surface area (Å²) in [4.78, 5) is 28.9. The van der Waals surface area contributed by atoms with Gasteiger partial charge in [-0.2, -0.15) is 0 Å². The number of benzene rings is 1. The Kier molecular flexibility index (Phi) is 4.09. The van der Waals surface area contributed by atoms with Gasteiger partial charge in [0.25, 0.3) is 11.8 Å². The molecule has 0 aliphatic rings. The molecule has 0 aliphatic heterocycles. The monoisotopic (exact) mass is 293 g/mol. The predicted molar refractivity (Wildman–Crippen MR) is 74.5 cm³/mol. The van der Waals surface area contributed by atoms with Crippen LogP contribution in [0.25, 0.3) is 0 Å². The topological polar surface area (TPSA) is 62.3 Å². The van der Waals surface area contributed by atoms with Crippen molar-refractivity contribution in [2.45, 2.75) is 0 Å². The number of hydrogen-bond acceptors (Lipinski definition) is 4. The molecular weight excluding hydrogens is 281 g/mol. The van der Waals surface area contributed by atoms with E-state index in [0.717, 1.165) is 11.3 Å². The van der Waals surface area contributed by atoms with Gasteiger partial charge in [-0.15, -0.1) is 11.3 Å². The van der Waals surface area contributed by atoms with Crippen LogP contribution in [0.4, 0.5) is 9.52 Å². The molecule has 1 aromatic carbocycles. The highest BCUT2D eigenvalue weighted by Crippen LogP contribution is 2.18. The van der Waals surface area contributed by atoms with Crippen molar-refractivity contribution in [3.63, 3.8) is 0 Å². The molecule has 20 heavy (non-hydrogen) atoms. The molecule has 0 saturated heterocycles. The van der Waals surface area contributed by atoms with Gasteiger partial charge in [0.05, 0.1) is 5.56 Å². The predicted octanol–water partition coefficient (Wildman–Crippen LogP) is 2.24. The molecule has 1 N–H and O–H groups in total. The molecule has 0 spiro atoms. The summed E-state index contributed by atoms with van der Waals surface area (Å²) in [7, 11) is 3.22. The lowest BCUT2D eigenvalue weighted by Crippen LogP contribution is -2.22. The average Bonchev–Trinajstić information content (AvgIpc) is 2.86. The second-order valence-electron chi connectivity index (χ2n) is 4.17.